The van der Waals surface area contributed by atoms with Crippen LogP contribution in [0.3, 0.4) is 0 Å². The summed E-state index contributed by atoms with van der Waals surface area (Å²) in [6, 6.07) is 11.7. The molecule has 27 heavy (non-hydrogen) atoms. The van der Waals surface area contributed by atoms with Crippen LogP contribution in [-0.4, -0.2) is 24.9 Å². The molecule has 0 aliphatic rings. The zero-order valence-electron chi connectivity index (χ0n) is 15.6. The fourth-order valence-electron chi connectivity index (χ4n) is 2.63. The topological polar surface area (TPSA) is 50.7 Å². The highest BCUT2D eigenvalue weighted by molar-refractivity contribution is 9.10. The Morgan fingerprint density at radius 1 is 1.04 bits per heavy atom. The van der Waals surface area contributed by atoms with E-state index >= 15 is 0 Å². The Morgan fingerprint density at radius 2 is 1.81 bits per heavy atom. The van der Waals surface area contributed by atoms with Crippen molar-refractivity contribution in [3.8, 4) is 11.5 Å². The third kappa shape index (κ3) is 7.70. The van der Waals surface area contributed by atoms with Crippen LogP contribution in [0.1, 0.15) is 37.3 Å². The highest BCUT2D eigenvalue weighted by atomic mass is 79.9. The van der Waals surface area contributed by atoms with Gasteiger partial charge in [0.15, 0.2) is 11.5 Å². The lowest BCUT2D eigenvalue weighted by Gasteiger charge is -2.16. The molecule has 0 radical (unpaired) electrons. The Morgan fingerprint density at radius 3 is 2.52 bits per heavy atom. The molecule has 0 unspecified atom stereocenters. The zero-order valence-corrected chi connectivity index (χ0v) is 18.0. The first-order chi connectivity index (χ1) is 13.1. The molecule has 4 nitrogen and oxygen atoms in total. The van der Waals surface area contributed by atoms with E-state index in [1.54, 1.807) is 0 Å². The van der Waals surface area contributed by atoms with Crippen molar-refractivity contribution >= 4 is 27.5 Å². The number of ether oxygens (including phenoxy) is 2. The van der Waals surface area contributed by atoms with Gasteiger partial charge in [-0.25, -0.2) is 0 Å². The second-order valence-electron chi connectivity index (χ2n) is 6.21. The number of benzene rings is 2. The van der Waals surface area contributed by atoms with Crippen molar-refractivity contribution in [2.24, 2.45) is 0 Å². The molecule has 148 valence electrons. The lowest BCUT2D eigenvalue weighted by Crippen LogP contribution is -2.15. The van der Waals surface area contributed by atoms with Gasteiger partial charge in [-0.05, 0) is 84.1 Å². The van der Waals surface area contributed by atoms with Crippen molar-refractivity contribution in [1.82, 2.24) is 5.32 Å². The average Bonchev–Trinajstić information content (AvgIpc) is 2.65. The fourth-order valence-corrected chi connectivity index (χ4v) is 3.36. The molecule has 0 atom stereocenters. The lowest BCUT2D eigenvalue weighted by atomic mass is 10.2. The number of aliphatic hydroxyl groups excluding tert-OH is 1. The van der Waals surface area contributed by atoms with Gasteiger partial charge >= 0.3 is 0 Å². The molecule has 0 aromatic heterocycles. The van der Waals surface area contributed by atoms with Crippen LogP contribution in [0.5, 0.6) is 11.5 Å². The van der Waals surface area contributed by atoms with E-state index in [0.29, 0.717) is 24.0 Å². The van der Waals surface area contributed by atoms with E-state index in [2.05, 4.69) is 27.3 Å². The van der Waals surface area contributed by atoms with Crippen molar-refractivity contribution < 1.29 is 14.6 Å². The summed E-state index contributed by atoms with van der Waals surface area (Å²) < 4.78 is 12.7. The van der Waals surface area contributed by atoms with Crippen LogP contribution < -0.4 is 14.8 Å². The van der Waals surface area contributed by atoms with Crippen molar-refractivity contribution in [3.63, 3.8) is 0 Å². The Labute approximate surface area is 175 Å². The SMILES string of the molecule is CCOc1cc(CNCCCCCO)cc(Br)c1OCc1ccc(Cl)cc1. The molecule has 0 fully saturated rings. The number of halogens is 2. The lowest BCUT2D eigenvalue weighted by molar-refractivity contribution is 0.267. The summed E-state index contributed by atoms with van der Waals surface area (Å²) >= 11 is 9.54. The van der Waals surface area contributed by atoms with Crippen LogP contribution in [0.25, 0.3) is 0 Å². The number of nitrogens with one attached hydrogen (secondary N) is 1. The Kier molecular flexibility index (Phi) is 9.98. The molecule has 2 aromatic rings. The van der Waals surface area contributed by atoms with Crippen LogP contribution in [0.2, 0.25) is 5.02 Å². The summed E-state index contributed by atoms with van der Waals surface area (Å²) in [5.74, 6) is 1.44. The van der Waals surface area contributed by atoms with Crippen LogP contribution in [0.4, 0.5) is 0 Å². The van der Waals surface area contributed by atoms with Crippen molar-refractivity contribution in [2.75, 3.05) is 19.8 Å². The quantitative estimate of drug-likeness (QED) is 0.424. The summed E-state index contributed by atoms with van der Waals surface area (Å²) in [4.78, 5) is 0. The number of hydrogen-bond donors (Lipinski definition) is 2. The zero-order chi connectivity index (χ0) is 19.5. The molecule has 6 heteroatoms. The van der Waals surface area contributed by atoms with Crippen molar-refractivity contribution in [3.05, 3.63) is 57.0 Å². The average molecular weight is 457 g/mol. The van der Waals surface area contributed by atoms with E-state index in [1.807, 2.05) is 37.3 Å². The summed E-state index contributed by atoms with van der Waals surface area (Å²) in [7, 11) is 0. The molecule has 0 aliphatic heterocycles. The maximum atomic E-state index is 8.81. The Balaban J connectivity index is 1.98. The third-order valence-corrected chi connectivity index (χ3v) is 4.85. The fraction of sp³-hybridized carbons (Fsp3) is 0.429. The molecule has 0 aliphatic carbocycles. The van der Waals surface area contributed by atoms with Crippen LogP contribution in [0.15, 0.2) is 40.9 Å². The molecular formula is C21H27BrClNO3. The summed E-state index contributed by atoms with van der Waals surface area (Å²) in [5, 5.41) is 12.9. The van der Waals surface area contributed by atoms with Crippen LogP contribution >= 0.6 is 27.5 Å². The first kappa shape index (κ1) is 22.0. The van der Waals surface area contributed by atoms with Gasteiger partial charge in [-0.2, -0.15) is 0 Å². The molecule has 2 aromatic carbocycles. The summed E-state index contributed by atoms with van der Waals surface area (Å²) in [6.07, 6.45) is 2.96. The van der Waals surface area contributed by atoms with Gasteiger partial charge in [-0.3, -0.25) is 0 Å². The number of rotatable bonds is 12. The van der Waals surface area contributed by atoms with Crippen molar-refractivity contribution in [1.29, 1.82) is 0 Å². The molecular weight excluding hydrogens is 430 g/mol. The minimum absolute atomic E-state index is 0.266. The highest BCUT2D eigenvalue weighted by Gasteiger charge is 2.12. The smallest absolute Gasteiger partial charge is 0.175 e. The van der Waals surface area contributed by atoms with E-state index in [9.17, 15) is 0 Å². The largest absolute Gasteiger partial charge is 0.490 e. The first-order valence-corrected chi connectivity index (χ1v) is 10.4. The van der Waals surface area contributed by atoms with E-state index in [4.69, 9.17) is 26.2 Å². The molecule has 0 heterocycles. The normalized spacial score (nSPS) is 10.8. The molecule has 2 N–H and O–H groups in total. The van der Waals surface area contributed by atoms with Gasteiger partial charge in [0.1, 0.15) is 6.61 Å². The molecule has 0 saturated carbocycles. The second kappa shape index (κ2) is 12.2. The van der Waals surface area contributed by atoms with Crippen LogP contribution in [0, 0.1) is 0 Å². The van der Waals surface area contributed by atoms with Crippen molar-refractivity contribution in [2.45, 2.75) is 39.3 Å². The first-order valence-electron chi connectivity index (χ1n) is 9.28. The summed E-state index contributed by atoms with van der Waals surface area (Å²) in [5.41, 5.74) is 2.17. The second-order valence-corrected chi connectivity index (χ2v) is 7.50. The highest BCUT2D eigenvalue weighted by Crippen LogP contribution is 2.37. The molecule has 2 rings (SSSR count). The maximum absolute atomic E-state index is 8.81. The minimum Gasteiger partial charge on any atom is -0.490 e. The number of hydrogen-bond acceptors (Lipinski definition) is 4. The molecule has 0 amide bonds. The van der Waals surface area contributed by atoms with Gasteiger partial charge in [0, 0.05) is 18.2 Å². The molecule has 0 spiro atoms. The van der Waals surface area contributed by atoms with E-state index in [-0.39, 0.29) is 6.61 Å². The number of unbranched alkanes of at least 4 members (excludes halogenated alkanes) is 2. The third-order valence-electron chi connectivity index (χ3n) is 4.01. The predicted octanol–water partition coefficient (Wildman–Crippen LogP) is 5.33. The minimum atomic E-state index is 0.266. The van der Waals surface area contributed by atoms with E-state index in [1.165, 1.54) is 0 Å². The standard InChI is InChI=1S/C21H27BrClNO3/c1-2-26-20-13-17(14-24-10-4-3-5-11-25)12-19(22)21(20)27-15-16-6-8-18(23)9-7-16/h6-9,12-13,24-25H,2-5,10-11,14-15H2,1H3. The van der Waals surface area contributed by atoms with Gasteiger partial charge in [-0.15, -0.1) is 0 Å². The predicted molar refractivity (Wildman–Crippen MR) is 114 cm³/mol. The monoisotopic (exact) mass is 455 g/mol. The molecule has 0 bridgehead atoms. The van der Waals surface area contributed by atoms with Gasteiger partial charge < -0.3 is 19.9 Å². The van der Waals surface area contributed by atoms with Gasteiger partial charge in [0.2, 0.25) is 0 Å². The van der Waals surface area contributed by atoms with E-state index in [0.717, 1.165) is 53.7 Å². The van der Waals surface area contributed by atoms with E-state index < -0.39 is 0 Å². The maximum Gasteiger partial charge on any atom is 0.175 e. The molecule has 0 saturated heterocycles. The Hall–Kier alpha value is -1.27. The Bertz CT molecular complexity index is 695. The summed E-state index contributed by atoms with van der Waals surface area (Å²) in [6.45, 7) is 4.93. The van der Waals surface area contributed by atoms with Crippen LogP contribution in [-0.2, 0) is 13.2 Å². The van der Waals surface area contributed by atoms with Gasteiger partial charge in [0.25, 0.3) is 0 Å². The van der Waals surface area contributed by atoms with Gasteiger partial charge in [-0.1, -0.05) is 23.7 Å². The number of aliphatic hydroxyl groups is 1. The van der Waals surface area contributed by atoms with Gasteiger partial charge in [0.05, 0.1) is 11.1 Å².